The lowest BCUT2D eigenvalue weighted by atomic mass is 9.91. The number of hydrogen-bond acceptors (Lipinski definition) is 6. The van der Waals surface area contributed by atoms with Gasteiger partial charge in [-0.05, 0) is 54.5 Å². The average Bonchev–Trinajstić information content (AvgIpc) is 3.13. The van der Waals surface area contributed by atoms with Crippen molar-refractivity contribution in [2.75, 3.05) is 11.9 Å². The van der Waals surface area contributed by atoms with E-state index in [4.69, 9.17) is 16.3 Å². The van der Waals surface area contributed by atoms with E-state index >= 15 is 0 Å². The molecule has 0 saturated carbocycles. The summed E-state index contributed by atoms with van der Waals surface area (Å²) in [6.07, 6.45) is 3.41. The van der Waals surface area contributed by atoms with Gasteiger partial charge in [-0.25, -0.2) is 0 Å². The van der Waals surface area contributed by atoms with Crippen LogP contribution in [-0.4, -0.2) is 40.5 Å². The van der Waals surface area contributed by atoms with Gasteiger partial charge in [0, 0.05) is 31.2 Å². The minimum atomic E-state index is -1.08. The molecule has 0 radical (unpaired) electrons. The zero-order chi connectivity index (χ0) is 35.0. The van der Waals surface area contributed by atoms with Gasteiger partial charge in [0.2, 0.25) is 5.24 Å². The van der Waals surface area contributed by atoms with E-state index in [1.807, 2.05) is 91.0 Å². The Morgan fingerprint density at radius 1 is 0.604 bits per heavy atom. The standard InChI is InChI=1S/C21H22O4.C10H11BrO.C9H9ClO/c1-2-25-21(24)19(20(23)17-11-7-4-8-12-17)15-18(22)14-13-16-9-5-3-6-10-16;11-8-10(12)7-6-9-4-2-1-3-5-9;10-9(11)7-6-8-4-2-1-3-5-8/h3-12,19H,2,13-15H2,1H3;1-5H,6-8H2;1-5H,6-7H2. The van der Waals surface area contributed by atoms with E-state index in [0.717, 1.165) is 24.0 Å². The van der Waals surface area contributed by atoms with Gasteiger partial charge >= 0.3 is 5.97 Å². The largest absolute Gasteiger partial charge is 0.465 e. The minimum Gasteiger partial charge on any atom is -0.465 e. The molecule has 252 valence electrons. The molecule has 0 spiro atoms. The topological polar surface area (TPSA) is 94.6 Å². The highest BCUT2D eigenvalue weighted by molar-refractivity contribution is 9.09. The summed E-state index contributed by atoms with van der Waals surface area (Å²) in [5.74, 6) is -1.94. The van der Waals surface area contributed by atoms with Crippen LogP contribution in [-0.2, 0) is 43.2 Å². The first-order valence-corrected chi connectivity index (χ1v) is 17.4. The number of Topliss-reactive ketones (excluding diaryl/α,β-unsaturated/α-hetero) is 3. The highest BCUT2D eigenvalue weighted by Crippen LogP contribution is 2.17. The molecule has 6 nitrogen and oxygen atoms in total. The first kappa shape index (κ1) is 40.0. The van der Waals surface area contributed by atoms with Crippen molar-refractivity contribution < 1.29 is 28.7 Å². The summed E-state index contributed by atoms with van der Waals surface area (Å²) in [6, 6.07) is 38.1. The zero-order valence-electron chi connectivity index (χ0n) is 27.2. The van der Waals surface area contributed by atoms with Crippen molar-refractivity contribution in [3.63, 3.8) is 0 Å². The number of benzene rings is 4. The van der Waals surface area contributed by atoms with Gasteiger partial charge in [-0.15, -0.1) is 0 Å². The maximum absolute atomic E-state index is 12.6. The van der Waals surface area contributed by atoms with Gasteiger partial charge in [-0.3, -0.25) is 24.0 Å². The Morgan fingerprint density at radius 3 is 1.40 bits per heavy atom. The van der Waals surface area contributed by atoms with E-state index in [9.17, 15) is 24.0 Å². The Bertz CT molecular complexity index is 1530. The number of rotatable bonds is 16. The average molecular weight is 734 g/mol. The Morgan fingerprint density at radius 2 is 1.00 bits per heavy atom. The number of alkyl halides is 1. The van der Waals surface area contributed by atoms with Crippen molar-refractivity contribution in [2.45, 2.75) is 51.9 Å². The third-order valence-electron chi connectivity index (χ3n) is 7.05. The molecule has 0 aliphatic rings. The van der Waals surface area contributed by atoms with Gasteiger partial charge in [0.25, 0.3) is 0 Å². The summed E-state index contributed by atoms with van der Waals surface area (Å²) in [5, 5.41) is 0.202. The Kier molecular flexibility index (Phi) is 20.0. The summed E-state index contributed by atoms with van der Waals surface area (Å²) in [6.45, 7) is 1.86. The molecule has 0 N–H and O–H groups in total. The predicted octanol–water partition coefficient (Wildman–Crippen LogP) is 8.61. The minimum absolute atomic E-state index is 0.119. The molecule has 4 rings (SSSR count). The Hall–Kier alpha value is -4.20. The lowest BCUT2D eigenvalue weighted by molar-refractivity contribution is -0.147. The molecule has 0 aliphatic carbocycles. The molecule has 0 heterocycles. The summed E-state index contributed by atoms with van der Waals surface area (Å²) in [5.41, 5.74) is 3.85. The lowest BCUT2D eigenvalue weighted by Gasteiger charge is -2.14. The molecule has 8 heteroatoms. The smallest absolute Gasteiger partial charge is 0.317 e. The molecular weight excluding hydrogens is 692 g/mol. The molecule has 0 aromatic heterocycles. The molecule has 48 heavy (non-hydrogen) atoms. The van der Waals surface area contributed by atoms with Crippen LogP contribution in [0, 0.1) is 5.92 Å². The van der Waals surface area contributed by atoms with Crippen molar-refractivity contribution in [1.82, 2.24) is 0 Å². The number of esters is 1. The second-order valence-electron chi connectivity index (χ2n) is 10.8. The van der Waals surface area contributed by atoms with Crippen LogP contribution in [0.5, 0.6) is 0 Å². The van der Waals surface area contributed by atoms with Crippen LogP contribution in [0.25, 0.3) is 0 Å². The molecule has 4 aromatic carbocycles. The van der Waals surface area contributed by atoms with Crippen LogP contribution in [0.15, 0.2) is 121 Å². The molecule has 1 atom stereocenters. The highest BCUT2D eigenvalue weighted by Gasteiger charge is 2.31. The van der Waals surface area contributed by atoms with E-state index in [0.29, 0.717) is 36.6 Å². The number of halogens is 2. The Labute approximate surface area is 297 Å². The highest BCUT2D eigenvalue weighted by atomic mass is 79.9. The number of carbonyl (C=O) groups is 5. The van der Waals surface area contributed by atoms with Crippen LogP contribution >= 0.6 is 27.5 Å². The normalized spacial score (nSPS) is 10.6. The number of ketones is 3. The first-order chi connectivity index (χ1) is 23.2. The van der Waals surface area contributed by atoms with Gasteiger partial charge in [-0.1, -0.05) is 137 Å². The van der Waals surface area contributed by atoms with Crippen molar-refractivity contribution in [3.05, 3.63) is 144 Å². The second kappa shape index (κ2) is 24.0. The van der Waals surface area contributed by atoms with Gasteiger partial charge in [-0.2, -0.15) is 0 Å². The SMILES string of the molecule is CCOC(=O)C(CC(=O)CCc1ccccc1)C(=O)c1ccccc1.O=C(CBr)CCc1ccccc1.O=C(Cl)CCc1ccccc1. The quantitative estimate of drug-likeness (QED) is 0.0377. The van der Waals surface area contributed by atoms with Gasteiger partial charge in [0.1, 0.15) is 17.5 Å². The molecule has 0 aliphatic heterocycles. The molecule has 0 bridgehead atoms. The van der Waals surface area contributed by atoms with Crippen molar-refractivity contribution in [2.24, 2.45) is 5.92 Å². The summed E-state index contributed by atoms with van der Waals surface area (Å²) < 4.78 is 5.00. The van der Waals surface area contributed by atoms with E-state index < -0.39 is 11.9 Å². The van der Waals surface area contributed by atoms with Crippen molar-refractivity contribution in [3.8, 4) is 0 Å². The fraction of sp³-hybridized carbons (Fsp3) is 0.275. The molecular formula is C40H42BrClO6. The van der Waals surface area contributed by atoms with Crippen molar-refractivity contribution >= 4 is 56.1 Å². The fourth-order valence-corrected chi connectivity index (χ4v) is 4.85. The first-order valence-electron chi connectivity index (χ1n) is 15.9. The van der Waals surface area contributed by atoms with E-state index in [-0.39, 0.29) is 35.6 Å². The molecule has 0 amide bonds. The van der Waals surface area contributed by atoms with Crippen molar-refractivity contribution in [1.29, 1.82) is 0 Å². The monoisotopic (exact) mass is 732 g/mol. The Balaban J connectivity index is 0.000000288. The van der Waals surface area contributed by atoms with Crippen LogP contribution < -0.4 is 0 Å². The molecule has 1 unspecified atom stereocenters. The number of carbonyl (C=O) groups excluding carboxylic acids is 5. The third kappa shape index (κ3) is 17.1. The van der Waals surface area contributed by atoms with Gasteiger partial charge in [0.15, 0.2) is 5.78 Å². The predicted molar refractivity (Wildman–Crippen MR) is 194 cm³/mol. The summed E-state index contributed by atoms with van der Waals surface area (Å²) in [4.78, 5) is 58.4. The van der Waals surface area contributed by atoms with Gasteiger partial charge < -0.3 is 4.74 Å². The van der Waals surface area contributed by atoms with Crippen LogP contribution in [0.2, 0.25) is 0 Å². The van der Waals surface area contributed by atoms with Crippen LogP contribution in [0.3, 0.4) is 0 Å². The van der Waals surface area contributed by atoms with E-state index in [1.54, 1.807) is 37.3 Å². The molecule has 0 fully saturated rings. The number of hydrogen-bond donors (Lipinski definition) is 0. The lowest BCUT2D eigenvalue weighted by Crippen LogP contribution is -2.29. The molecule has 4 aromatic rings. The van der Waals surface area contributed by atoms with E-state index in [2.05, 4.69) is 15.9 Å². The van der Waals surface area contributed by atoms with Crippen LogP contribution in [0.4, 0.5) is 0 Å². The maximum atomic E-state index is 12.6. The van der Waals surface area contributed by atoms with Crippen LogP contribution in [0.1, 0.15) is 59.7 Å². The molecule has 0 saturated heterocycles. The summed E-state index contributed by atoms with van der Waals surface area (Å²) in [7, 11) is 0. The van der Waals surface area contributed by atoms with Gasteiger partial charge in [0.05, 0.1) is 11.9 Å². The fourth-order valence-electron chi connectivity index (χ4n) is 4.47. The number of aryl methyl sites for hydroxylation is 3. The number of ether oxygens (including phenoxy) is 1. The zero-order valence-corrected chi connectivity index (χ0v) is 29.5. The maximum Gasteiger partial charge on any atom is 0.317 e. The summed E-state index contributed by atoms with van der Waals surface area (Å²) >= 11 is 8.33. The second-order valence-corrected chi connectivity index (χ2v) is 11.7. The third-order valence-corrected chi connectivity index (χ3v) is 7.86. The van der Waals surface area contributed by atoms with E-state index in [1.165, 1.54) is 5.56 Å².